The first-order valence-electron chi connectivity index (χ1n) is 4.99. The van der Waals surface area contributed by atoms with Crippen LogP contribution in [-0.2, 0) is 6.54 Å². The molecule has 0 unspecified atom stereocenters. The standard InChI is InChI=1S/C12H15Cl2NO/c1-9(6-13)8-16-12-4-3-10(7-15-2)5-11(12)14/h3-6,15H,7-8H2,1-2H3/b9-6+. The summed E-state index contributed by atoms with van der Waals surface area (Å²) in [4.78, 5) is 0. The lowest BCUT2D eigenvalue weighted by Crippen LogP contribution is -2.05. The molecule has 2 nitrogen and oxygen atoms in total. The van der Waals surface area contributed by atoms with Crippen LogP contribution in [0.1, 0.15) is 12.5 Å². The van der Waals surface area contributed by atoms with Crippen LogP contribution in [0.2, 0.25) is 5.02 Å². The van der Waals surface area contributed by atoms with Crippen molar-refractivity contribution in [1.29, 1.82) is 0 Å². The van der Waals surface area contributed by atoms with E-state index in [2.05, 4.69) is 5.32 Å². The van der Waals surface area contributed by atoms with Crippen molar-refractivity contribution in [3.8, 4) is 5.75 Å². The highest BCUT2D eigenvalue weighted by atomic mass is 35.5. The maximum atomic E-state index is 6.09. The maximum absolute atomic E-state index is 6.09. The second-order valence-corrected chi connectivity index (χ2v) is 4.16. The van der Waals surface area contributed by atoms with Gasteiger partial charge in [0, 0.05) is 12.1 Å². The molecule has 0 saturated heterocycles. The number of benzene rings is 1. The number of rotatable bonds is 5. The van der Waals surface area contributed by atoms with Crippen molar-refractivity contribution < 1.29 is 4.74 Å². The Bertz CT molecular complexity index is 377. The Morgan fingerprint density at radius 1 is 1.50 bits per heavy atom. The molecule has 0 spiro atoms. The van der Waals surface area contributed by atoms with Crippen molar-refractivity contribution in [2.75, 3.05) is 13.7 Å². The highest BCUT2D eigenvalue weighted by molar-refractivity contribution is 6.32. The fourth-order valence-corrected chi connectivity index (χ4v) is 1.52. The molecule has 88 valence electrons. The Kier molecular flexibility index (Phi) is 5.67. The number of hydrogen-bond donors (Lipinski definition) is 1. The summed E-state index contributed by atoms with van der Waals surface area (Å²) in [6.07, 6.45) is 0. The molecule has 1 rings (SSSR count). The third-order valence-corrected chi connectivity index (χ3v) is 2.69. The van der Waals surface area contributed by atoms with Crippen LogP contribution in [0.15, 0.2) is 29.3 Å². The zero-order chi connectivity index (χ0) is 12.0. The van der Waals surface area contributed by atoms with Gasteiger partial charge in [-0.25, -0.2) is 0 Å². The first-order chi connectivity index (χ1) is 7.67. The van der Waals surface area contributed by atoms with Crippen LogP contribution in [0.5, 0.6) is 5.75 Å². The predicted octanol–water partition coefficient (Wildman–Crippen LogP) is 3.58. The van der Waals surface area contributed by atoms with E-state index in [1.54, 1.807) is 0 Å². The number of ether oxygens (including phenoxy) is 1. The summed E-state index contributed by atoms with van der Waals surface area (Å²) in [5.41, 5.74) is 3.59. The quantitative estimate of drug-likeness (QED) is 0.873. The van der Waals surface area contributed by atoms with Crippen molar-refractivity contribution in [2.45, 2.75) is 13.5 Å². The van der Waals surface area contributed by atoms with Gasteiger partial charge in [0.1, 0.15) is 12.4 Å². The molecule has 0 aliphatic heterocycles. The lowest BCUT2D eigenvalue weighted by Gasteiger charge is -2.09. The van der Waals surface area contributed by atoms with E-state index in [4.69, 9.17) is 27.9 Å². The third kappa shape index (κ3) is 4.05. The Morgan fingerprint density at radius 3 is 2.81 bits per heavy atom. The molecule has 0 saturated carbocycles. The number of halogens is 2. The van der Waals surface area contributed by atoms with Gasteiger partial charge in [0.15, 0.2) is 0 Å². The molecule has 1 aromatic carbocycles. The lowest BCUT2D eigenvalue weighted by molar-refractivity contribution is 0.352. The fraction of sp³-hybridized carbons (Fsp3) is 0.333. The second-order valence-electron chi connectivity index (χ2n) is 3.54. The Balaban J connectivity index is 2.67. The van der Waals surface area contributed by atoms with E-state index in [1.807, 2.05) is 32.2 Å². The molecule has 1 aromatic rings. The van der Waals surface area contributed by atoms with Gasteiger partial charge >= 0.3 is 0 Å². The van der Waals surface area contributed by atoms with E-state index < -0.39 is 0 Å². The van der Waals surface area contributed by atoms with Gasteiger partial charge < -0.3 is 10.1 Å². The molecule has 0 fully saturated rings. The largest absolute Gasteiger partial charge is 0.488 e. The van der Waals surface area contributed by atoms with E-state index in [-0.39, 0.29) is 0 Å². The molecule has 0 aromatic heterocycles. The third-order valence-electron chi connectivity index (χ3n) is 2.02. The molecular weight excluding hydrogens is 245 g/mol. The molecule has 0 amide bonds. The van der Waals surface area contributed by atoms with Gasteiger partial charge in [-0.15, -0.1) is 0 Å². The minimum atomic E-state index is 0.453. The average Bonchev–Trinajstić information content (AvgIpc) is 2.28. The van der Waals surface area contributed by atoms with Crippen LogP contribution >= 0.6 is 23.2 Å². The van der Waals surface area contributed by atoms with Crippen LogP contribution in [0.3, 0.4) is 0 Å². The topological polar surface area (TPSA) is 21.3 Å². The summed E-state index contributed by atoms with van der Waals surface area (Å²) in [7, 11) is 1.90. The van der Waals surface area contributed by atoms with Gasteiger partial charge in [0.05, 0.1) is 5.02 Å². The van der Waals surface area contributed by atoms with Crippen LogP contribution in [0.25, 0.3) is 0 Å². The first kappa shape index (κ1) is 13.4. The number of hydrogen-bond acceptors (Lipinski definition) is 2. The van der Waals surface area contributed by atoms with Crippen molar-refractivity contribution in [1.82, 2.24) is 5.32 Å². The van der Waals surface area contributed by atoms with Gasteiger partial charge in [0.2, 0.25) is 0 Å². The molecule has 4 heteroatoms. The fourth-order valence-electron chi connectivity index (χ4n) is 1.20. The first-order valence-corrected chi connectivity index (χ1v) is 5.80. The summed E-state index contributed by atoms with van der Waals surface area (Å²) in [5, 5.41) is 3.68. The second kappa shape index (κ2) is 6.79. The molecule has 1 N–H and O–H groups in total. The molecule has 0 radical (unpaired) electrons. The van der Waals surface area contributed by atoms with Crippen LogP contribution in [0, 0.1) is 0 Å². The maximum Gasteiger partial charge on any atom is 0.138 e. The number of nitrogens with one attached hydrogen (secondary N) is 1. The zero-order valence-corrected chi connectivity index (χ0v) is 10.9. The minimum absolute atomic E-state index is 0.453. The summed E-state index contributed by atoms with van der Waals surface area (Å²) < 4.78 is 5.52. The van der Waals surface area contributed by atoms with Crippen molar-refractivity contribution in [3.05, 3.63) is 39.9 Å². The molecule has 16 heavy (non-hydrogen) atoms. The van der Waals surface area contributed by atoms with Crippen LogP contribution < -0.4 is 10.1 Å². The van der Waals surface area contributed by atoms with E-state index in [0.29, 0.717) is 17.4 Å². The van der Waals surface area contributed by atoms with Crippen LogP contribution in [0.4, 0.5) is 0 Å². The normalized spacial score (nSPS) is 11.6. The van der Waals surface area contributed by atoms with Crippen molar-refractivity contribution in [3.63, 3.8) is 0 Å². The van der Waals surface area contributed by atoms with E-state index >= 15 is 0 Å². The van der Waals surface area contributed by atoms with Gasteiger partial charge in [-0.05, 0) is 37.2 Å². The van der Waals surface area contributed by atoms with Gasteiger partial charge in [-0.3, -0.25) is 0 Å². The SMILES string of the molecule is CNCc1ccc(OC/C(C)=C/Cl)c(Cl)c1. The molecule has 0 atom stereocenters. The molecule has 0 aliphatic rings. The van der Waals surface area contributed by atoms with Gasteiger partial charge in [-0.1, -0.05) is 29.3 Å². The predicted molar refractivity (Wildman–Crippen MR) is 69.3 cm³/mol. The summed E-state index contributed by atoms with van der Waals surface area (Å²) in [5.74, 6) is 0.680. The van der Waals surface area contributed by atoms with E-state index in [1.165, 1.54) is 5.54 Å². The molecule has 0 heterocycles. The molecular formula is C12H15Cl2NO. The average molecular weight is 260 g/mol. The molecule has 0 aliphatic carbocycles. The summed E-state index contributed by atoms with van der Waals surface area (Å²) in [6, 6.07) is 5.75. The Morgan fingerprint density at radius 2 is 2.25 bits per heavy atom. The Hall–Kier alpha value is -0.700. The summed E-state index contributed by atoms with van der Waals surface area (Å²) >= 11 is 11.6. The van der Waals surface area contributed by atoms with E-state index in [9.17, 15) is 0 Å². The zero-order valence-electron chi connectivity index (χ0n) is 9.39. The van der Waals surface area contributed by atoms with Crippen molar-refractivity contribution >= 4 is 23.2 Å². The lowest BCUT2D eigenvalue weighted by atomic mass is 10.2. The molecule has 0 bridgehead atoms. The Labute approximate surface area is 106 Å². The summed E-state index contributed by atoms with van der Waals surface area (Å²) in [6.45, 7) is 3.14. The van der Waals surface area contributed by atoms with Crippen LogP contribution in [-0.4, -0.2) is 13.7 Å². The monoisotopic (exact) mass is 259 g/mol. The van der Waals surface area contributed by atoms with Gasteiger partial charge in [0.25, 0.3) is 0 Å². The van der Waals surface area contributed by atoms with Crippen molar-refractivity contribution in [2.24, 2.45) is 0 Å². The van der Waals surface area contributed by atoms with Gasteiger partial charge in [-0.2, -0.15) is 0 Å². The highest BCUT2D eigenvalue weighted by Crippen LogP contribution is 2.25. The minimum Gasteiger partial charge on any atom is -0.488 e. The van der Waals surface area contributed by atoms with E-state index in [0.717, 1.165) is 17.7 Å². The highest BCUT2D eigenvalue weighted by Gasteiger charge is 2.03. The smallest absolute Gasteiger partial charge is 0.138 e.